The van der Waals surface area contributed by atoms with Crippen molar-refractivity contribution in [3.05, 3.63) is 0 Å². The SMILES string of the molecule is CCCCCCCCCCCC(C)CCCCC(C)C. The Balaban J connectivity index is 3.13. The van der Waals surface area contributed by atoms with Crippen LogP contribution in [0.25, 0.3) is 0 Å². The lowest BCUT2D eigenvalue weighted by Crippen LogP contribution is -1.96. The summed E-state index contributed by atoms with van der Waals surface area (Å²) in [5, 5.41) is 0. The van der Waals surface area contributed by atoms with Crippen molar-refractivity contribution in [3.8, 4) is 0 Å². The zero-order valence-corrected chi connectivity index (χ0v) is 15.1. The summed E-state index contributed by atoms with van der Waals surface area (Å²) in [4.78, 5) is 0. The average molecular weight is 283 g/mol. The van der Waals surface area contributed by atoms with Gasteiger partial charge in [-0.3, -0.25) is 0 Å². The second-order valence-electron chi connectivity index (χ2n) is 7.40. The van der Waals surface area contributed by atoms with Gasteiger partial charge in [-0.2, -0.15) is 0 Å². The Bertz CT molecular complexity index is 171. The fourth-order valence-corrected chi connectivity index (χ4v) is 2.99. The van der Waals surface area contributed by atoms with E-state index in [0.717, 1.165) is 11.8 Å². The van der Waals surface area contributed by atoms with Crippen LogP contribution in [0.15, 0.2) is 0 Å². The van der Waals surface area contributed by atoms with Crippen LogP contribution in [0.2, 0.25) is 0 Å². The highest BCUT2D eigenvalue weighted by Gasteiger charge is 2.02. The van der Waals surface area contributed by atoms with Crippen LogP contribution in [-0.2, 0) is 0 Å². The van der Waals surface area contributed by atoms with Gasteiger partial charge in [0, 0.05) is 0 Å². The van der Waals surface area contributed by atoms with Crippen LogP contribution in [0.5, 0.6) is 0 Å². The van der Waals surface area contributed by atoms with Crippen LogP contribution in [0.3, 0.4) is 0 Å². The van der Waals surface area contributed by atoms with E-state index < -0.39 is 0 Å². The Morgan fingerprint density at radius 2 is 0.900 bits per heavy atom. The number of hydrogen-bond acceptors (Lipinski definition) is 0. The Morgan fingerprint density at radius 1 is 0.500 bits per heavy atom. The monoisotopic (exact) mass is 282 g/mol. The molecular formula is C20H42. The summed E-state index contributed by atoms with van der Waals surface area (Å²) in [5.41, 5.74) is 0. The number of rotatable bonds is 15. The zero-order valence-electron chi connectivity index (χ0n) is 15.1. The van der Waals surface area contributed by atoms with Crippen LogP contribution in [-0.4, -0.2) is 0 Å². The van der Waals surface area contributed by atoms with Crippen LogP contribution >= 0.6 is 0 Å². The first-order chi connectivity index (χ1) is 9.66. The molecule has 0 aromatic rings. The maximum absolute atomic E-state index is 2.46. The minimum atomic E-state index is 0.891. The van der Waals surface area contributed by atoms with E-state index in [4.69, 9.17) is 0 Å². The molecule has 0 aromatic heterocycles. The lowest BCUT2D eigenvalue weighted by atomic mass is 9.95. The number of hydrogen-bond donors (Lipinski definition) is 0. The second kappa shape index (κ2) is 15.4. The van der Waals surface area contributed by atoms with Crippen LogP contribution < -0.4 is 0 Å². The molecule has 0 amide bonds. The van der Waals surface area contributed by atoms with Gasteiger partial charge in [0.2, 0.25) is 0 Å². The molecule has 122 valence electrons. The molecular weight excluding hydrogens is 240 g/mol. The van der Waals surface area contributed by atoms with E-state index in [9.17, 15) is 0 Å². The molecule has 0 heterocycles. The maximum Gasteiger partial charge on any atom is -0.0443 e. The summed E-state index contributed by atoms with van der Waals surface area (Å²) in [7, 11) is 0. The summed E-state index contributed by atoms with van der Waals surface area (Å²) in [6.07, 6.45) is 20.4. The van der Waals surface area contributed by atoms with Gasteiger partial charge < -0.3 is 0 Å². The van der Waals surface area contributed by atoms with E-state index in [0.29, 0.717) is 0 Å². The molecule has 1 atom stereocenters. The fraction of sp³-hybridized carbons (Fsp3) is 1.00. The van der Waals surface area contributed by atoms with Crippen molar-refractivity contribution >= 4 is 0 Å². The average Bonchev–Trinajstić information content (AvgIpc) is 2.41. The van der Waals surface area contributed by atoms with Crippen molar-refractivity contribution in [2.45, 2.75) is 118 Å². The van der Waals surface area contributed by atoms with Crippen molar-refractivity contribution in [1.29, 1.82) is 0 Å². The molecule has 0 aliphatic rings. The molecule has 0 N–H and O–H groups in total. The van der Waals surface area contributed by atoms with Crippen molar-refractivity contribution in [1.82, 2.24) is 0 Å². The van der Waals surface area contributed by atoms with Gasteiger partial charge >= 0.3 is 0 Å². The fourth-order valence-electron chi connectivity index (χ4n) is 2.99. The normalized spacial score (nSPS) is 13.1. The molecule has 0 saturated heterocycles. The van der Waals surface area contributed by atoms with Gasteiger partial charge in [-0.15, -0.1) is 0 Å². The summed E-state index contributed by atoms with van der Waals surface area (Å²) in [5.74, 6) is 1.86. The van der Waals surface area contributed by atoms with E-state index in [1.807, 2.05) is 0 Å². The second-order valence-corrected chi connectivity index (χ2v) is 7.40. The third-order valence-corrected chi connectivity index (χ3v) is 4.53. The van der Waals surface area contributed by atoms with Gasteiger partial charge in [0.25, 0.3) is 0 Å². The Labute approximate surface area is 130 Å². The van der Waals surface area contributed by atoms with Gasteiger partial charge in [-0.25, -0.2) is 0 Å². The quantitative estimate of drug-likeness (QED) is 0.269. The molecule has 0 spiro atoms. The first-order valence-corrected chi connectivity index (χ1v) is 9.66. The molecule has 0 rings (SSSR count). The van der Waals surface area contributed by atoms with Gasteiger partial charge in [0.1, 0.15) is 0 Å². The van der Waals surface area contributed by atoms with E-state index >= 15 is 0 Å². The van der Waals surface area contributed by atoms with Gasteiger partial charge in [-0.1, -0.05) is 118 Å². The highest BCUT2D eigenvalue weighted by Crippen LogP contribution is 2.19. The van der Waals surface area contributed by atoms with E-state index in [2.05, 4.69) is 27.7 Å². The minimum absolute atomic E-state index is 0.891. The molecule has 0 fully saturated rings. The molecule has 0 bridgehead atoms. The van der Waals surface area contributed by atoms with Crippen LogP contribution in [0.4, 0.5) is 0 Å². The van der Waals surface area contributed by atoms with Gasteiger partial charge in [0.15, 0.2) is 0 Å². The topological polar surface area (TPSA) is 0 Å². The van der Waals surface area contributed by atoms with E-state index in [-0.39, 0.29) is 0 Å². The molecule has 20 heavy (non-hydrogen) atoms. The molecule has 0 aliphatic carbocycles. The zero-order chi connectivity index (χ0) is 15.1. The van der Waals surface area contributed by atoms with Gasteiger partial charge in [-0.05, 0) is 11.8 Å². The number of unbranched alkanes of at least 4 members (excludes halogenated alkanes) is 9. The molecule has 0 nitrogen and oxygen atoms in total. The van der Waals surface area contributed by atoms with Crippen molar-refractivity contribution in [3.63, 3.8) is 0 Å². The first-order valence-electron chi connectivity index (χ1n) is 9.66. The first kappa shape index (κ1) is 20.0. The summed E-state index contributed by atoms with van der Waals surface area (Å²) in [6, 6.07) is 0. The molecule has 0 radical (unpaired) electrons. The molecule has 1 unspecified atom stereocenters. The summed E-state index contributed by atoms with van der Waals surface area (Å²) < 4.78 is 0. The van der Waals surface area contributed by atoms with Crippen molar-refractivity contribution in [2.24, 2.45) is 11.8 Å². The molecule has 0 saturated carbocycles. The Morgan fingerprint density at radius 3 is 1.40 bits per heavy atom. The van der Waals surface area contributed by atoms with Gasteiger partial charge in [0.05, 0.1) is 0 Å². The highest BCUT2D eigenvalue weighted by molar-refractivity contribution is 4.56. The van der Waals surface area contributed by atoms with E-state index in [1.54, 1.807) is 0 Å². The Kier molecular flexibility index (Phi) is 15.4. The highest BCUT2D eigenvalue weighted by atomic mass is 14.1. The molecule has 0 aliphatic heterocycles. The smallest absolute Gasteiger partial charge is 0.0443 e. The molecule has 0 heteroatoms. The maximum atomic E-state index is 2.46. The van der Waals surface area contributed by atoms with Crippen LogP contribution in [0, 0.1) is 11.8 Å². The van der Waals surface area contributed by atoms with Crippen LogP contribution in [0.1, 0.15) is 118 Å². The Hall–Kier alpha value is 0. The van der Waals surface area contributed by atoms with Crippen molar-refractivity contribution in [2.75, 3.05) is 0 Å². The summed E-state index contributed by atoms with van der Waals surface area (Å²) in [6.45, 7) is 9.43. The lowest BCUT2D eigenvalue weighted by molar-refractivity contribution is 0.422. The lowest BCUT2D eigenvalue weighted by Gasteiger charge is -2.11. The summed E-state index contributed by atoms with van der Waals surface area (Å²) >= 11 is 0. The largest absolute Gasteiger partial charge is 0.0654 e. The van der Waals surface area contributed by atoms with E-state index in [1.165, 1.54) is 89.9 Å². The predicted molar refractivity (Wildman–Crippen MR) is 94.3 cm³/mol. The molecule has 0 aromatic carbocycles. The third kappa shape index (κ3) is 16.1. The predicted octanol–water partition coefficient (Wildman–Crippen LogP) is 7.76. The standard InChI is InChI=1S/C20H42/c1-5-6-7-8-9-10-11-12-13-17-20(4)18-15-14-16-19(2)3/h19-20H,5-18H2,1-4H3. The third-order valence-electron chi connectivity index (χ3n) is 4.53. The van der Waals surface area contributed by atoms with Crippen molar-refractivity contribution < 1.29 is 0 Å². The minimum Gasteiger partial charge on any atom is -0.0654 e.